The van der Waals surface area contributed by atoms with E-state index in [1.165, 1.54) is 21.6 Å². The van der Waals surface area contributed by atoms with Crippen LogP contribution in [0, 0.1) is 0 Å². The Bertz CT molecular complexity index is 853. The first-order valence-electron chi connectivity index (χ1n) is 11.6. The number of aliphatic hydroxyl groups excluding tert-OH is 1. The standard InChI is InChI=1S/C26H35NO2S.ClH/c1-4-19-7-9-20(10-8-19)11-13-22-14-15-23(27(22)18-28)21-12-16-24-25(17-21)30-26(5-2,6-3)29-24;/h7-10,12,16-17,22-23,28H,4-6,11,13-15,18H2,1-3H3;1H. The lowest BCUT2D eigenvalue weighted by molar-refractivity contribution is 0.0596. The van der Waals surface area contributed by atoms with Crippen LogP contribution in [0.5, 0.6) is 5.75 Å². The number of aliphatic hydroxyl groups is 1. The van der Waals surface area contributed by atoms with E-state index in [0.29, 0.717) is 12.1 Å². The Morgan fingerprint density at radius 2 is 1.74 bits per heavy atom. The summed E-state index contributed by atoms with van der Waals surface area (Å²) in [7, 11) is 0. The molecule has 2 aliphatic rings. The van der Waals surface area contributed by atoms with E-state index < -0.39 is 0 Å². The van der Waals surface area contributed by atoms with Crippen molar-refractivity contribution in [3.8, 4) is 5.75 Å². The number of thioether (sulfide) groups is 1. The molecule has 170 valence electrons. The van der Waals surface area contributed by atoms with Crippen LogP contribution in [0.15, 0.2) is 47.4 Å². The highest BCUT2D eigenvalue weighted by Gasteiger charge is 2.39. The number of ether oxygens (including phenoxy) is 1. The summed E-state index contributed by atoms with van der Waals surface area (Å²) in [5, 5.41) is 10.2. The lowest BCUT2D eigenvalue weighted by Gasteiger charge is -2.28. The summed E-state index contributed by atoms with van der Waals surface area (Å²) in [5.74, 6) is 1.02. The minimum atomic E-state index is -0.108. The van der Waals surface area contributed by atoms with Crippen LogP contribution < -0.4 is 4.74 Å². The summed E-state index contributed by atoms with van der Waals surface area (Å²) in [6, 6.07) is 16.4. The molecule has 1 saturated heterocycles. The minimum Gasteiger partial charge on any atom is -0.475 e. The van der Waals surface area contributed by atoms with Gasteiger partial charge in [-0.25, -0.2) is 0 Å². The molecule has 1 fully saturated rings. The Hall–Kier alpha value is -1.20. The maximum atomic E-state index is 10.2. The minimum absolute atomic E-state index is 0. The molecule has 0 aliphatic carbocycles. The number of nitrogens with zero attached hydrogens (tertiary/aromatic N) is 1. The second-order valence-electron chi connectivity index (χ2n) is 8.64. The fraction of sp³-hybridized carbons (Fsp3) is 0.538. The van der Waals surface area contributed by atoms with E-state index in [1.54, 1.807) is 0 Å². The van der Waals surface area contributed by atoms with Crippen LogP contribution in [-0.2, 0) is 12.8 Å². The summed E-state index contributed by atoms with van der Waals surface area (Å²) in [6.07, 6.45) is 7.52. The zero-order valence-electron chi connectivity index (χ0n) is 19.0. The van der Waals surface area contributed by atoms with Crippen molar-refractivity contribution in [3.05, 3.63) is 59.2 Å². The first-order valence-corrected chi connectivity index (χ1v) is 12.4. The van der Waals surface area contributed by atoms with Gasteiger partial charge < -0.3 is 9.84 Å². The van der Waals surface area contributed by atoms with Crippen molar-refractivity contribution in [3.63, 3.8) is 0 Å². The molecule has 4 rings (SSSR count). The van der Waals surface area contributed by atoms with Gasteiger partial charge in [-0.1, -0.05) is 62.9 Å². The normalized spacial score (nSPS) is 22.1. The molecule has 3 nitrogen and oxygen atoms in total. The Morgan fingerprint density at radius 1 is 1.03 bits per heavy atom. The van der Waals surface area contributed by atoms with Gasteiger partial charge in [0.05, 0.1) is 11.6 Å². The van der Waals surface area contributed by atoms with Gasteiger partial charge in [0.15, 0.2) is 4.93 Å². The maximum Gasteiger partial charge on any atom is 0.158 e. The third-order valence-electron chi connectivity index (χ3n) is 7.03. The van der Waals surface area contributed by atoms with Crippen LogP contribution in [0.25, 0.3) is 0 Å². The number of likely N-dealkylation sites (tertiary alicyclic amines) is 1. The molecular formula is C26H36ClNO2S. The fourth-order valence-corrected chi connectivity index (χ4v) is 6.18. The molecule has 0 spiro atoms. The third kappa shape index (κ3) is 5.08. The van der Waals surface area contributed by atoms with Crippen LogP contribution in [0.1, 0.15) is 75.6 Å². The second-order valence-corrected chi connectivity index (χ2v) is 10.0. The monoisotopic (exact) mass is 461 g/mol. The van der Waals surface area contributed by atoms with Crippen LogP contribution >= 0.6 is 24.2 Å². The quantitative estimate of drug-likeness (QED) is 0.470. The number of aryl methyl sites for hydroxylation is 2. The first kappa shape index (κ1) is 24.4. The average Bonchev–Trinajstić information content (AvgIpc) is 3.38. The average molecular weight is 462 g/mol. The van der Waals surface area contributed by atoms with Gasteiger partial charge in [-0.15, -0.1) is 12.4 Å². The van der Waals surface area contributed by atoms with E-state index >= 15 is 0 Å². The highest BCUT2D eigenvalue weighted by molar-refractivity contribution is 8.00. The molecule has 2 unspecified atom stereocenters. The van der Waals surface area contributed by atoms with E-state index in [0.717, 1.165) is 50.7 Å². The fourth-order valence-electron chi connectivity index (χ4n) is 4.95. The summed E-state index contributed by atoms with van der Waals surface area (Å²) in [5.41, 5.74) is 4.11. The van der Waals surface area contributed by atoms with Crippen LogP contribution in [-0.4, -0.2) is 27.7 Å². The number of hydrogen-bond donors (Lipinski definition) is 1. The summed E-state index contributed by atoms with van der Waals surface area (Å²) in [6.45, 7) is 6.72. The molecule has 2 atom stereocenters. The Morgan fingerprint density at radius 3 is 2.39 bits per heavy atom. The largest absolute Gasteiger partial charge is 0.475 e. The molecular weight excluding hydrogens is 426 g/mol. The predicted octanol–water partition coefficient (Wildman–Crippen LogP) is 6.76. The SMILES string of the molecule is CCc1ccc(CCC2CCC(c3ccc4c(c3)SC(CC)(CC)O4)N2CO)cc1.Cl. The molecule has 2 heterocycles. The van der Waals surface area contributed by atoms with Gasteiger partial charge >= 0.3 is 0 Å². The molecule has 0 amide bonds. The molecule has 5 heteroatoms. The molecule has 2 aromatic carbocycles. The smallest absolute Gasteiger partial charge is 0.158 e. The molecule has 0 radical (unpaired) electrons. The van der Waals surface area contributed by atoms with E-state index in [-0.39, 0.29) is 24.1 Å². The van der Waals surface area contributed by atoms with Gasteiger partial charge in [0.1, 0.15) is 5.75 Å². The zero-order chi connectivity index (χ0) is 21.1. The molecule has 31 heavy (non-hydrogen) atoms. The van der Waals surface area contributed by atoms with Gasteiger partial charge in [-0.05, 0) is 73.8 Å². The van der Waals surface area contributed by atoms with Crippen molar-refractivity contribution in [2.45, 2.75) is 87.6 Å². The lowest BCUT2D eigenvalue weighted by Crippen LogP contribution is -2.32. The number of benzene rings is 2. The van der Waals surface area contributed by atoms with Gasteiger partial charge in [-0.3, -0.25) is 4.90 Å². The van der Waals surface area contributed by atoms with Crippen molar-refractivity contribution in [2.75, 3.05) is 6.73 Å². The van der Waals surface area contributed by atoms with Crippen LogP contribution in [0.4, 0.5) is 0 Å². The highest BCUT2D eigenvalue weighted by Crippen LogP contribution is 2.52. The first-order chi connectivity index (χ1) is 14.6. The van der Waals surface area contributed by atoms with Crippen molar-refractivity contribution in [2.24, 2.45) is 0 Å². The van der Waals surface area contributed by atoms with Gasteiger partial charge in [-0.2, -0.15) is 0 Å². The van der Waals surface area contributed by atoms with Crippen LogP contribution in [0.2, 0.25) is 0 Å². The van der Waals surface area contributed by atoms with E-state index in [4.69, 9.17) is 4.74 Å². The third-order valence-corrected chi connectivity index (χ3v) is 8.60. The number of halogens is 1. The van der Waals surface area contributed by atoms with E-state index in [9.17, 15) is 5.11 Å². The number of hydrogen-bond acceptors (Lipinski definition) is 4. The zero-order valence-corrected chi connectivity index (χ0v) is 20.6. The van der Waals surface area contributed by atoms with Gasteiger partial charge in [0.25, 0.3) is 0 Å². The molecule has 0 saturated carbocycles. The predicted molar refractivity (Wildman–Crippen MR) is 132 cm³/mol. The second kappa shape index (κ2) is 10.6. The van der Waals surface area contributed by atoms with Crippen molar-refractivity contribution < 1.29 is 9.84 Å². The summed E-state index contributed by atoms with van der Waals surface area (Å²) in [4.78, 5) is 3.45. The Balaban J connectivity index is 0.00000272. The van der Waals surface area contributed by atoms with Crippen LogP contribution in [0.3, 0.4) is 0 Å². The van der Waals surface area contributed by atoms with E-state index in [1.807, 2.05) is 11.8 Å². The van der Waals surface area contributed by atoms with Gasteiger partial charge in [0.2, 0.25) is 0 Å². The number of rotatable bonds is 8. The molecule has 1 N–H and O–H groups in total. The highest BCUT2D eigenvalue weighted by atomic mass is 35.5. The van der Waals surface area contributed by atoms with Crippen molar-refractivity contribution >= 4 is 24.2 Å². The van der Waals surface area contributed by atoms with Gasteiger partial charge in [0, 0.05) is 12.1 Å². The Kier molecular flexibility index (Phi) is 8.37. The Labute approximate surface area is 198 Å². The molecule has 2 aromatic rings. The topological polar surface area (TPSA) is 32.7 Å². The lowest BCUT2D eigenvalue weighted by atomic mass is 10.0. The summed E-state index contributed by atoms with van der Waals surface area (Å²) < 4.78 is 6.29. The van der Waals surface area contributed by atoms with Crippen molar-refractivity contribution in [1.82, 2.24) is 4.90 Å². The van der Waals surface area contributed by atoms with Crippen molar-refractivity contribution in [1.29, 1.82) is 0 Å². The molecule has 2 aliphatic heterocycles. The van der Waals surface area contributed by atoms with E-state index in [2.05, 4.69) is 68.1 Å². The molecule has 0 aromatic heterocycles. The molecule has 0 bridgehead atoms. The number of fused-ring (bicyclic) bond motifs is 1. The maximum absolute atomic E-state index is 10.2. The summed E-state index contributed by atoms with van der Waals surface area (Å²) >= 11 is 1.87.